The van der Waals surface area contributed by atoms with Crippen LogP contribution in [0, 0.1) is 0 Å². The predicted molar refractivity (Wildman–Crippen MR) is 72.7 cm³/mol. The maximum atomic E-state index is 11.5. The van der Waals surface area contributed by atoms with E-state index in [1.807, 2.05) is 0 Å². The maximum Gasteiger partial charge on any atom is 0.373 e. The van der Waals surface area contributed by atoms with Crippen molar-refractivity contribution in [3.8, 4) is 0 Å². The molecule has 1 rings (SSSR count). The Morgan fingerprint density at radius 3 is 2.59 bits per heavy atom. The zero-order valence-electron chi connectivity index (χ0n) is 11.9. The molecule has 0 aromatic heterocycles. The molecule has 0 aliphatic heterocycles. The van der Waals surface area contributed by atoms with Gasteiger partial charge in [0, 0.05) is 5.02 Å². The van der Waals surface area contributed by atoms with Crippen LogP contribution in [-0.4, -0.2) is 36.0 Å². The molecule has 0 unspecified atom stereocenters. The molecule has 0 aliphatic carbocycles. The quantitative estimate of drug-likeness (QED) is 0.570. The molecule has 0 heterocycles. The highest BCUT2D eigenvalue weighted by atomic mass is 35.5. The van der Waals surface area contributed by atoms with Gasteiger partial charge in [-0.05, 0) is 32.0 Å². The summed E-state index contributed by atoms with van der Waals surface area (Å²) in [5.74, 6) is -1.75. The van der Waals surface area contributed by atoms with Crippen molar-refractivity contribution >= 4 is 23.5 Å². The first-order valence-corrected chi connectivity index (χ1v) is 6.46. The standard InChI is InChI=1S/C13H15ClO8/c1-13(2,22-17)8-19-20-11(15)7-18-21-12(16)9-4-3-5-10(14)6-9/h3-6,17H,7-8H2,1-2H3. The van der Waals surface area contributed by atoms with Crippen LogP contribution in [0.3, 0.4) is 0 Å². The molecule has 122 valence electrons. The minimum atomic E-state index is -1.04. The van der Waals surface area contributed by atoms with Gasteiger partial charge in [-0.15, -0.1) is 0 Å². The zero-order valence-corrected chi connectivity index (χ0v) is 12.7. The largest absolute Gasteiger partial charge is 0.373 e. The normalized spacial score (nSPS) is 11.1. The number of benzene rings is 1. The molecule has 0 fully saturated rings. The fraction of sp³-hybridized carbons (Fsp3) is 0.385. The van der Waals surface area contributed by atoms with Crippen LogP contribution in [0.1, 0.15) is 24.2 Å². The van der Waals surface area contributed by atoms with E-state index in [4.69, 9.17) is 16.9 Å². The lowest BCUT2D eigenvalue weighted by Gasteiger charge is -2.18. The van der Waals surface area contributed by atoms with E-state index in [9.17, 15) is 9.59 Å². The van der Waals surface area contributed by atoms with Crippen molar-refractivity contribution in [1.82, 2.24) is 0 Å². The highest BCUT2D eigenvalue weighted by Gasteiger charge is 2.21. The van der Waals surface area contributed by atoms with E-state index < -0.39 is 24.1 Å². The third-order valence-electron chi connectivity index (χ3n) is 2.18. The minimum absolute atomic E-state index is 0.166. The molecule has 0 atom stereocenters. The molecule has 0 saturated carbocycles. The van der Waals surface area contributed by atoms with Crippen molar-refractivity contribution in [1.29, 1.82) is 0 Å². The van der Waals surface area contributed by atoms with E-state index in [0.29, 0.717) is 5.02 Å². The molecular weight excluding hydrogens is 320 g/mol. The highest BCUT2D eigenvalue weighted by Crippen LogP contribution is 2.11. The van der Waals surface area contributed by atoms with Gasteiger partial charge in [0.25, 0.3) is 0 Å². The summed E-state index contributed by atoms with van der Waals surface area (Å²) in [7, 11) is 0. The second-order valence-electron chi connectivity index (χ2n) is 4.71. The van der Waals surface area contributed by atoms with Crippen LogP contribution in [0.2, 0.25) is 5.02 Å². The summed E-state index contributed by atoms with van der Waals surface area (Å²) in [6.45, 7) is 2.12. The van der Waals surface area contributed by atoms with E-state index in [2.05, 4.69) is 24.4 Å². The van der Waals surface area contributed by atoms with Crippen LogP contribution in [0.4, 0.5) is 0 Å². The van der Waals surface area contributed by atoms with E-state index in [-0.39, 0.29) is 12.2 Å². The molecule has 22 heavy (non-hydrogen) atoms. The van der Waals surface area contributed by atoms with Crippen LogP contribution in [0.5, 0.6) is 0 Å². The third kappa shape index (κ3) is 6.83. The van der Waals surface area contributed by atoms with Gasteiger partial charge in [-0.2, -0.15) is 9.78 Å². The second kappa shape index (κ2) is 8.66. The van der Waals surface area contributed by atoms with Crippen molar-refractivity contribution in [2.24, 2.45) is 0 Å². The zero-order chi connectivity index (χ0) is 16.6. The van der Waals surface area contributed by atoms with E-state index >= 15 is 0 Å². The summed E-state index contributed by atoms with van der Waals surface area (Å²) in [5.41, 5.74) is -0.876. The molecule has 0 amide bonds. The average Bonchev–Trinajstić information content (AvgIpc) is 2.47. The van der Waals surface area contributed by atoms with Gasteiger partial charge in [-0.3, -0.25) is 15.0 Å². The van der Waals surface area contributed by atoms with Crippen LogP contribution < -0.4 is 0 Å². The number of carbonyl (C=O) groups excluding carboxylic acids is 2. The molecular formula is C13H15ClO8. The first-order valence-electron chi connectivity index (χ1n) is 6.08. The fourth-order valence-corrected chi connectivity index (χ4v) is 1.27. The van der Waals surface area contributed by atoms with Crippen molar-refractivity contribution in [3.05, 3.63) is 34.9 Å². The Morgan fingerprint density at radius 1 is 1.23 bits per heavy atom. The summed E-state index contributed by atoms with van der Waals surface area (Å²) < 4.78 is 0. The molecule has 1 aromatic rings. The van der Waals surface area contributed by atoms with E-state index in [0.717, 1.165) is 0 Å². The van der Waals surface area contributed by atoms with Gasteiger partial charge in [0.1, 0.15) is 12.2 Å². The lowest BCUT2D eigenvalue weighted by atomic mass is 10.2. The maximum absolute atomic E-state index is 11.5. The SMILES string of the molecule is CC(C)(COOC(=O)COOC(=O)c1cccc(Cl)c1)OO. The third-order valence-corrected chi connectivity index (χ3v) is 2.41. The second-order valence-corrected chi connectivity index (χ2v) is 5.15. The van der Waals surface area contributed by atoms with E-state index in [1.165, 1.54) is 26.0 Å². The number of carbonyl (C=O) groups is 2. The molecule has 8 nitrogen and oxygen atoms in total. The number of hydrogen-bond donors (Lipinski definition) is 1. The van der Waals surface area contributed by atoms with E-state index in [1.54, 1.807) is 12.1 Å². The molecule has 1 aromatic carbocycles. The van der Waals surface area contributed by atoms with Crippen LogP contribution in [0.15, 0.2) is 24.3 Å². The first kappa shape index (κ1) is 18.3. The monoisotopic (exact) mass is 334 g/mol. The lowest BCUT2D eigenvalue weighted by Crippen LogP contribution is -2.30. The van der Waals surface area contributed by atoms with Crippen LogP contribution in [0.25, 0.3) is 0 Å². The topological polar surface area (TPSA) is 101 Å². The first-order chi connectivity index (χ1) is 10.3. The summed E-state index contributed by atoms with van der Waals surface area (Å²) in [4.78, 5) is 44.5. The molecule has 0 radical (unpaired) electrons. The number of halogens is 1. The molecule has 0 saturated heterocycles. The molecule has 0 bridgehead atoms. The van der Waals surface area contributed by atoms with Gasteiger partial charge in [0.05, 0.1) is 5.56 Å². The smallest absolute Gasteiger partial charge is 0.295 e. The van der Waals surface area contributed by atoms with Gasteiger partial charge in [0.2, 0.25) is 0 Å². The molecule has 9 heteroatoms. The Bertz CT molecular complexity index is 517. The van der Waals surface area contributed by atoms with Crippen molar-refractivity contribution in [2.45, 2.75) is 19.4 Å². The Balaban J connectivity index is 2.24. The Morgan fingerprint density at radius 2 is 1.95 bits per heavy atom. The Kier molecular flexibility index (Phi) is 7.22. The minimum Gasteiger partial charge on any atom is -0.295 e. The summed E-state index contributed by atoms with van der Waals surface area (Å²) in [6, 6.07) is 6.00. The summed E-state index contributed by atoms with van der Waals surface area (Å²) in [6.07, 6.45) is 0. The van der Waals surface area contributed by atoms with Crippen molar-refractivity contribution in [3.63, 3.8) is 0 Å². The summed E-state index contributed by atoms with van der Waals surface area (Å²) >= 11 is 5.71. The average molecular weight is 335 g/mol. The Hall–Kier alpha value is -1.71. The summed E-state index contributed by atoms with van der Waals surface area (Å²) in [5, 5.41) is 8.83. The van der Waals surface area contributed by atoms with Gasteiger partial charge in [-0.1, -0.05) is 17.7 Å². The van der Waals surface area contributed by atoms with Gasteiger partial charge in [0.15, 0.2) is 6.61 Å². The number of hydrogen-bond acceptors (Lipinski definition) is 8. The Labute approximate surface area is 131 Å². The molecule has 0 spiro atoms. The van der Waals surface area contributed by atoms with Gasteiger partial charge < -0.3 is 0 Å². The van der Waals surface area contributed by atoms with Crippen LogP contribution in [-0.2, 0) is 29.2 Å². The molecule has 0 aliphatic rings. The van der Waals surface area contributed by atoms with Crippen molar-refractivity contribution in [2.75, 3.05) is 13.2 Å². The number of rotatable bonds is 8. The lowest BCUT2D eigenvalue weighted by molar-refractivity contribution is -0.360. The van der Waals surface area contributed by atoms with Gasteiger partial charge in [-0.25, -0.2) is 14.5 Å². The van der Waals surface area contributed by atoms with Gasteiger partial charge >= 0.3 is 11.9 Å². The molecule has 1 N–H and O–H groups in total. The highest BCUT2D eigenvalue weighted by molar-refractivity contribution is 6.30. The fourth-order valence-electron chi connectivity index (χ4n) is 1.08. The van der Waals surface area contributed by atoms with Crippen molar-refractivity contribution < 1.29 is 39.3 Å². The predicted octanol–water partition coefficient (Wildman–Crippen LogP) is 2.17. The van der Waals surface area contributed by atoms with Crippen LogP contribution >= 0.6 is 11.6 Å².